The molecule has 1 N–H and O–H groups in total. The van der Waals surface area contributed by atoms with Gasteiger partial charge in [-0.25, -0.2) is 4.98 Å². The molecular weight excluding hydrogens is 252 g/mol. The first kappa shape index (κ1) is 12.4. The lowest BCUT2D eigenvalue weighted by Crippen LogP contribution is -1.94. The van der Waals surface area contributed by atoms with E-state index in [4.69, 9.17) is 0 Å². The van der Waals surface area contributed by atoms with Crippen molar-refractivity contribution in [2.75, 3.05) is 0 Å². The number of aromatic nitrogens is 1. The van der Waals surface area contributed by atoms with E-state index in [-0.39, 0.29) is 11.4 Å². The van der Waals surface area contributed by atoms with Crippen molar-refractivity contribution < 1.29 is 10.0 Å². The molecule has 0 aliphatic heterocycles. The van der Waals surface area contributed by atoms with E-state index in [1.54, 1.807) is 31.3 Å². The van der Waals surface area contributed by atoms with Crippen molar-refractivity contribution in [2.24, 2.45) is 0 Å². The Morgan fingerprint density at radius 1 is 1.39 bits per heavy atom. The minimum absolute atomic E-state index is 0.0247. The van der Waals surface area contributed by atoms with Gasteiger partial charge in [-0.2, -0.15) is 0 Å². The van der Waals surface area contributed by atoms with Gasteiger partial charge in [0.05, 0.1) is 4.92 Å². The molecule has 18 heavy (non-hydrogen) atoms. The number of hydrogen-bond donors (Lipinski definition) is 1. The molecule has 0 saturated heterocycles. The number of benzene rings is 1. The Kier molecular flexibility index (Phi) is 3.47. The van der Waals surface area contributed by atoms with Gasteiger partial charge in [0, 0.05) is 17.2 Å². The molecule has 1 heterocycles. The highest BCUT2D eigenvalue weighted by Gasteiger charge is 2.16. The Morgan fingerprint density at radius 3 is 2.83 bits per heavy atom. The molecule has 1 aromatic heterocycles. The van der Waals surface area contributed by atoms with E-state index in [1.807, 2.05) is 0 Å². The van der Waals surface area contributed by atoms with Crippen molar-refractivity contribution in [2.45, 2.75) is 16.8 Å². The van der Waals surface area contributed by atoms with Crippen molar-refractivity contribution >= 4 is 17.4 Å². The summed E-state index contributed by atoms with van der Waals surface area (Å²) in [5.41, 5.74) is 0.713. The van der Waals surface area contributed by atoms with Crippen LogP contribution < -0.4 is 0 Å². The van der Waals surface area contributed by atoms with E-state index < -0.39 is 4.92 Å². The number of hydrogen-bond acceptors (Lipinski definition) is 5. The lowest BCUT2D eigenvalue weighted by Gasteiger charge is -2.03. The van der Waals surface area contributed by atoms with Crippen LogP contribution in [0.3, 0.4) is 0 Å². The third-order valence-electron chi connectivity index (χ3n) is 2.20. The quantitative estimate of drug-likeness (QED) is 0.679. The number of phenols is 1. The molecule has 0 amide bonds. The lowest BCUT2D eigenvalue weighted by atomic mass is 10.3. The highest BCUT2D eigenvalue weighted by atomic mass is 32.2. The van der Waals surface area contributed by atoms with Crippen LogP contribution in [0, 0.1) is 17.0 Å². The van der Waals surface area contributed by atoms with Gasteiger partial charge < -0.3 is 5.11 Å². The van der Waals surface area contributed by atoms with Crippen molar-refractivity contribution in [1.82, 2.24) is 4.98 Å². The predicted molar refractivity (Wildman–Crippen MR) is 67.9 cm³/mol. The summed E-state index contributed by atoms with van der Waals surface area (Å²) in [6.45, 7) is 1.75. The van der Waals surface area contributed by atoms with Gasteiger partial charge >= 0.3 is 5.69 Å². The van der Waals surface area contributed by atoms with E-state index in [2.05, 4.69) is 4.98 Å². The topological polar surface area (TPSA) is 76.3 Å². The van der Waals surface area contributed by atoms with Crippen LogP contribution in [0.25, 0.3) is 0 Å². The molecule has 6 heteroatoms. The summed E-state index contributed by atoms with van der Waals surface area (Å²) >= 11 is 1.15. The number of nitro groups is 1. The van der Waals surface area contributed by atoms with Crippen LogP contribution in [0.4, 0.5) is 5.69 Å². The van der Waals surface area contributed by atoms with Crippen molar-refractivity contribution in [3.05, 3.63) is 52.2 Å². The van der Waals surface area contributed by atoms with Gasteiger partial charge in [-0.05, 0) is 30.7 Å². The molecule has 0 aliphatic carbocycles. The summed E-state index contributed by atoms with van der Waals surface area (Å²) in [5.74, 6) is 0.120. The normalized spacial score (nSPS) is 10.3. The smallest absolute Gasteiger partial charge is 0.301 e. The third-order valence-corrected chi connectivity index (χ3v) is 3.20. The number of aryl methyl sites for hydroxylation is 1. The van der Waals surface area contributed by atoms with Crippen molar-refractivity contribution in [1.29, 1.82) is 0 Å². The van der Waals surface area contributed by atoms with Crippen LogP contribution in [-0.4, -0.2) is 15.0 Å². The molecule has 0 radical (unpaired) electrons. The van der Waals surface area contributed by atoms with E-state index in [0.29, 0.717) is 9.92 Å². The molecule has 0 spiro atoms. The monoisotopic (exact) mass is 262 g/mol. The second-order valence-corrected chi connectivity index (χ2v) is 4.76. The van der Waals surface area contributed by atoms with Gasteiger partial charge in [-0.15, -0.1) is 0 Å². The standard InChI is InChI=1S/C12H10N2O3S/c1-8-5-11(14(16)17)12(13-7-8)18-10-4-2-3-9(15)6-10/h2-7,15H,1H3. The summed E-state index contributed by atoms with van der Waals surface area (Å²) in [6, 6.07) is 8.00. The van der Waals surface area contributed by atoms with E-state index in [9.17, 15) is 15.2 Å². The fourth-order valence-corrected chi connectivity index (χ4v) is 2.30. The minimum Gasteiger partial charge on any atom is -0.508 e. The van der Waals surface area contributed by atoms with Crippen LogP contribution in [0.1, 0.15) is 5.56 Å². The summed E-state index contributed by atoms with van der Waals surface area (Å²) < 4.78 is 0. The first-order valence-corrected chi connectivity index (χ1v) is 5.96. The van der Waals surface area contributed by atoms with Crippen LogP contribution in [0.5, 0.6) is 5.75 Å². The zero-order chi connectivity index (χ0) is 13.1. The second kappa shape index (κ2) is 5.05. The van der Waals surface area contributed by atoms with E-state index in [0.717, 1.165) is 17.3 Å². The SMILES string of the molecule is Cc1cnc(Sc2cccc(O)c2)c([N+](=O)[O-])c1. The van der Waals surface area contributed by atoms with Crippen molar-refractivity contribution in [3.63, 3.8) is 0 Å². The predicted octanol–water partition coefficient (Wildman–Crippen LogP) is 3.16. The van der Waals surface area contributed by atoms with Crippen LogP contribution in [0.2, 0.25) is 0 Å². The van der Waals surface area contributed by atoms with Gasteiger partial charge in [0.25, 0.3) is 0 Å². The molecule has 0 aliphatic rings. The number of rotatable bonds is 3. The summed E-state index contributed by atoms with van der Waals surface area (Å²) in [6.07, 6.45) is 1.58. The van der Waals surface area contributed by atoms with Crippen LogP contribution >= 0.6 is 11.8 Å². The molecule has 0 saturated carbocycles. The molecule has 1 aromatic carbocycles. The second-order valence-electron chi connectivity index (χ2n) is 3.69. The van der Waals surface area contributed by atoms with E-state index >= 15 is 0 Å². The average Bonchev–Trinajstić information content (AvgIpc) is 2.31. The molecule has 0 atom stereocenters. The first-order valence-electron chi connectivity index (χ1n) is 5.14. The highest BCUT2D eigenvalue weighted by Crippen LogP contribution is 2.34. The number of phenolic OH excluding ortho intramolecular Hbond substituents is 1. The fourth-order valence-electron chi connectivity index (χ4n) is 1.41. The molecule has 0 bridgehead atoms. The van der Waals surface area contributed by atoms with Crippen LogP contribution in [-0.2, 0) is 0 Å². The minimum atomic E-state index is -0.453. The molecule has 0 unspecified atom stereocenters. The summed E-state index contributed by atoms with van der Waals surface area (Å²) in [7, 11) is 0. The van der Waals surface area contributed by atoms with E-state index in [1.165, 1.54) is 12.1 Å². The molecule has 5 nitrogen and oxygen atoms in total. The Morgan fingerprint density at radius 2 is 2.17 bits per heavy atom. The van der Waals surface area contributed by atoms with Gasteiger partial charge in [-0.1, -0.05) is 17.8 Å². The number of nitrogens with zero attached hydrogens (tertiary/aromatic N) is 2. The Hall–Kier alpha value is -2.08. The molecule has 2 rings (SSSR count). The van der Waals surface area contributed by atoms with Crippen molar-refractivity contribution in [3.8, 4) is 5.75 Å². The number of pyridine rings is 1. The lowest BCUT2D eigenvalue weighted by molar-refractivity contribution is -0.388. The van der Waals surface area contributed by atoms with Gasteiger partial charge in [-0.3, -0.25) is 10.1 Å². The largest absolute Gasteiger partial charge is 0.508 e. The summed E-state index contributed by atoms with van der Waals surface area (Å²) in [5, 5.41) is 20.6. The average molecular weight is 262 g/mol. The molecule has 92 valence electrons. The maximum Gasteiger partial charge on any atom is 0.301 e. The maximum atomic E-state index is 10.9. The maximum absolute atomic E-state index is 10.9. The third kappa shape index (κ3) is 2.78. The van der Waals surface area contributed by atoms with Gasteiger partial charge in [0.2, 0.25) is 0 Å². The Balaban J connectivity index is 2.37. The summed E-state index contributed by atoms with van der Waals surface area (Å²) in [4.78, 5) is 15.2. The highest BCUT2D eigenvalue weighted by molar-refractivity contribution is 7.99. The molecule has 2 aromatic rings. The zero-order valence-corrected chi connectivity index (χ0v) is 10.3. The number of aromatic hydroxyl groups is 1. The Bertz CT molecular complexity index is 602. The molecule has 0 fully saturated rings. The van der Waals surface area contributed by atoms with Crippen LogP contribution in [0.15, 0.2) is 46.5 Å². The fraction of sp³-hybridized carbons (Fsp3) is 0.0833. The first-order chi connectivity index (χ1) is 8.56. The Labute approximate surface area is 108 Å². The molecular formula is C12H10N2O3S. The van der Waals surface area contributed by atoms with Gasteiger partial charge in [0.1, 0.15) is 5.75 Å². The zero-order valence-electron chi connectivity index (χ0n) is 9.53. The van der Waals surface area contributed by atoms with Gasteiger partial charge in [0.15, 0.2) is 5.03 Å².